The average Bonchev–Trinajstić information content (AvgIpc) is 3.11. The minimum absolute atomic E-state index is 0.147. The van der Waals surface area contributed by atoms with Crippen LogP contribution in [0.5, 0.6) is 11.5 Å². The van der Waals surface area contributed by atoms with E-state index in [1.165, 1.54) is 0 Å². The molecule has 0 amide bonds. The standard InChI is InChI=1S/C28H25N3O3/c1-18-20(22-17-19(33-3)13-15-24(22)30(18)2)14-16-27-29-23-10-6-5-9-21(23)28(32)31(27)25-11-7-8-12-26(25)34-4/h5-17H,1-4H3. The van der Waals surface area contributed by atoms with Crippen LogP contribution in [0.1, 0.15) is 17.1 Å². The van der Waals surface area contributed by atoms with Gasteiger partial charge in [0.15, 0.2) is 0 Å². The second-order valence-electron chi connectivity index (χ2n) is 8.07. The van der Waals surface area contributed by atoms with Gasteiger partial charge in [-0.25, -0.2) is 4.98 Å². The van der Waals surface area contributed by atoms with E-state index in [2.05, 4.69) is 17.6 Å². The Bertz CT molecular complexity index is 1630. The van der Waals surface area contributed by atoms with Crippen molar-refractivity contribution in [3.63, 3.8) is 0 Å². The highest BCUT2D eigenvalue weighted by atomic mass is 16.5. The highest BCUT2D eigenvalue weighted by Gasteiger charge is 2.15. The molecule has 5 aromatic rings. The van der Waals surface area contributed by atoms with E-state index in [1.807, 2.05) is 73.8 Å². The molecule has 0 atom stereocenters. The van der Waals surface area contributed by atoms with Crippen molar-refractivity contribution in [1.82, 2.24) is 14.1 Å². The van der Waals surface area contributed by atoms with Crippen molar-refractivity contribution in [2.75, 3.05) is 14.2 Å². The summed E-state index contributed by atoms with van der Waals surface area (Å²) in [6.07, 6.45) is 3.90. The molecule has 170 valence electrons. The zero-order chi connectivity index (χ0) is 23.8. The molecule has 0 unspecified atom stereocenters. The van der Waals surface area contributed by atoms with Gasteiger partial charge in [-0.2, -0.15) is 0 Å². The first-order valence-electron chi connectivity index (χ1n) is 11.0. The Labute approximate surface area is 197 Å². The van der Waals surface area contributed by atoms with Gasteiger partial charge in [-0.15, -0.1) is 0 Å². The predicted molar refractivity (Wildman–Crippen MR) is 137 cm³/mol. The number of aromatic nitrogens is 3. The van der Waals surface area contributed by atoms with Gasteiger partial charge >= 0.3 is 0 Å². The van der Waals surface area contributed by atoms with Crippen LogP contribution in [-0.4, -0.2) is 28.3 Å². The molecule has 6 heteroatoms. The van der Waals surface area contributed by atoms with Crippen molar-refractivity contribution >= 4 is 34.0 Å². The minimum Gasteiger partial charge on any atom is -0.497 e. The highest BCUT2D eigenvalue weighted by molar-refractivity contribution is 5.94. The Morgan fingerprint density at radius 1 is 0.882 bits per heavy atom. The average molecular weight is 452 g/mol. The zero-order valence-corrected chi connectivity index (χ0v) is 19.6. The highest BCUT2D eigenvalue weighted by Crippen LogP contribution is 2.30. The monoisotopic (exact) mass is 451 g/mol. The Hall–Kier alpha value is -4.32. The first kappa shape index (κ1) is 21.5. The molecule has 2 aromatic heterocycles. The summed E-state index contributed by atoms with van der Waals surface area (Å²) < 4.78 is 14.8. The molecule has 0 saturated carbocycles. The van der Waals surface area contributed by atoms with Crippen LogP contribution in [0.3, 0.4) is 0 Å². The molecule has 5 rings (SSSR count). The maximum absolute atomic E-state index is 13.6. The Balaban J connectivity index is 1.77. The number of hydrogen-bond donors (Lipinski definition) is 0. The number of methoxy groups -OCH3 is 2. The number of aryl methyl sites for hydroxylation is 1. The molecule has 0 aliphatic rings. The van der Waals surface area contributed by atoms with E-state index in [-0.39, 0.29) is 5.56 Å². The summed E-state index contributed by atoms with van der Waals surface area (Å²) in [7, 11) is 5.30. The molecular weight excluding hydrogens is 426 g/mol. The van der Waals surface area contributed by atoms with Gasteiger partial charge in [0, 0.05) is 29.2 Å². The molecule has 0 spiro atoms. The Morgan fingerprint density at radius 3 is 2.44 bits per heavy atom. The predicted octanol–water partition coefficient (Wildman–Crippen LogP) is 5.37. The van der Waals surface area contributed by atoms with E-state index in [0.717, 1.165) is 27.9 Å². The van der Waals surface area contributed by atoms with Crippen molar-refractivity contribution < 1.29 is 9.47 Å². The van der Waals surface area contributed by atoms with Crippen molar-refractivity contribution in [3.8, 4) is 17.2 Å². The van der Waals surface area contributed by atoms with E-state index in [0.29, 0.717) is 28.2 Å². The maximum Gasteiger partial charge on any atom is 0.266 e. The largest absolute Gasteiger partial charge is 0.497 e. The Morgan fingerprint density at radius 2 is 1.65 bits per heavy atom. The molecule has 0 N–H and O–H groups in total. The van der Waals surface area contributed by atoms with Crippen LogP contribution < -0.4 is 15.0 Å². The third-order valence-electron chi connectivity index (χ3n) is 6.27. The molecular formula is C28H25N3O3. The summed E-state index contributed by atoms with van der Waals surface area (Å²) in [5.41, 5.74) is 4.40. The normalized spacial score (nSPS) is 11.5. The molecule has 34 heavy (non-hydrogen) atoms. The SMILES string of the molecule is COc1ccc2c(c1)c(C=Cc1nc3ccccc3c(=O)n1-c1ccccc1OC)c(C)n2C. The first-order valence-corrected chi connectivity index (χ1v) is 11.0. The number of rotatable bonds is 5. The lowest BCUT2D eigenvalue weighted by Crippen LogP contribution is -2.22. The van der Waals surface area contributed by atoms with Crippen molar-refractivity contribution in [3.05, 3.63) is 94.2 Å². The van der Waals surface area contributed by atoms with Gasteiger partial charge < -0.3 is 14.0 Å². The third-order valence-corrected chi connectivity index (χ3v) is 6.27. The second kappa shape index (κ2) is 8.56. The van der Waals surface area contributed by atoms with Crippen LogP contribution in [0.15, 0.2) is 71.5 Å². The summed E-state index contributed by atoms with van der Waals surface area (Å²) in [5, 5.41) is 1.62. The number of benzene rings is 3. The minimum atomic E-state index is -0.147. The first-order chi connectivity index (χ1) is 16.5. The van der Waals surface area contributed by atoms with Gasteiger partial charge in [-0.3, -0.25) is 9.36 Å². The number of nitrogens with zero attached hydrogens (tertiary/aromatic N) is 3. The van der Waals surface area contributed by atoms with E-state index in [9.17, 15) is 4.79 Å². The summed E-state index contributed by atoms with van der Waals surface area (Å²) in [6.45, 7) is 2.08. The van der Waals surface area contributed by atoms with Gasteiger partial charge in [0.05, 0.1) is 30.8 Å². The summed E-state index contributed by atoms with van der Waals surface area (Å²) in [4.78, 5) is 18.5. The molecule has 0 bridgehead atoms. The second-order valence-corrected chi connectivity index (χ2v) is 8.07. The van der Waals surface area contributed by atoms with E-state index < -0.39 is 0 Å². The smallest absolute Gasteiger partial charge is 0.266 e. The van der Waals surface area contributed by atoms with Crippen LogP contribution in [0.25, 0.3) is 39.6 Å². The lowest BCUT2D eigenvalue weighted by atomic mass is 10.1. The van der Waals surface area contributed by atoms with Crippen molar-refractivity contribution in [1.29, 1.82) is 0 Å². The number of para-hydroxylation sites is 3. The fraction of sp³-hybridized carbons (Fsp3) is 0.143. The summed E-state index contributed by atoms with van der Waals surface area (Å²) in [6, 6.07) is 20.9. The fourth-order valence-corrected chi connectivity index (χ4v) is 4.38. The zero-order valence-electron chi connectivity index (χ0n) is 19.6. The Kier molecular flexibility index (Phi) is 5.42. The molecule has 0 aliphatic heterocycles. The van der Waals surface area contributed by atoms with Gasteiger partial charge in [-0.1, -0.05) is 24.3 Å². The van der Waals surface area contributed by atoms with Crippen LogP contribution in [0.4, 0.5) is 0 Å². The van der Waals surface area contributed by atoms with Gasteiger partial charge in [-0.05, 0) is 61.5 Å². The van der Waals surface area contributed by atoms with Gasteiger partial charge in [0.2, 0.25) is 0 Å². The third kappa shape index (κ3) is 3.44. The number of hydrogen-bond acceptors (Lipinski definition) is 4. The summed E-state index contributed by atoms with van der Waals surface area (Å²) >= 11 is 0. The molecule has 2 heterocycles. The van der Waals surface area contributed by atoms with Crippen LogP contribution in [0, 0.1) is 6.92 Å². The van der Waals surface area contributed by atoms with E-state index in [1.54, 1.807) is 24.9 Å². The fourth-order valence-electron chi connectivity index (χ4n) is 4.38. The van der Waals surface area contributed by atoms with E-state index >= 15 is 0 Å². The molecule has 0 aliphatic carbocycles. The molecule has 0 saturated heterocycles. The maximum atomic E-state index is 13.6. The lowest BCUT2D eigenvalue weighted by Gasteiger charge is -2.14. The van der Waals surface area contributed by atoms with E-state index in [4.69, 9.17) is 14.5 Å². The number of fused-ring (bicyclic) bond motifs is 2. The number of ether oxygens (including phenoxy) is 2. The van der Waals surface area contributed by atoms with Crippen LogP contribution in [0.2, 0.25) is 0 Å². The van der Waals surface area contributed by atoms with Gasteiger partial charge in [0.1, 0.15) is 17.3 Å². The van der Waals surface area contributed by atoms with Crippen LogP contribution >= 0.6 is 0 Å². The summed E-state index contributed by atoms with van der Waals surface area (Å²) in [5.74, 6) is 1.91. The topological polar surface area (TPSA) is 58.3 Å². The van der Waals surface area contributed by atoms with Gasteiger partial charge in [0.25, 0.3) is 5.56 Å². The quantitative estimate of drug-likeness (QED) is 0.360. The molecule has 3 aromatic carbocycles. The molecule has 0 radical (unpaired) electrons. The van der Waals surface area contributed by atoms with Crippen molar-refractivity contribution in [2.45, 2.75) is 6.92 Å². The molecule has 6 nitrogen and oxygen atoms in total. The van der Waals surface area contributed by atoms with Crippen LogP contribution in [-0.2, 0) is 7.05 Å². The van der Waals surface area contributed by atoms with Crippen molar-refractivity contribution in [2.24, 2.45) is 7.05 Å². The molecule has 0 fully saturated rings. The lowest BCUT2D eigenvalue weighted by molar-refractivity contribution is 0.412.